The first kappa shape index (κ1) is 19.6. The molecule has 1 atom stereocenters. The minimum atomic E-state index is -0.910. The molecule has 0 unspecified atom stereocenters. The number of nitrogens with one attached hydrogen (secondary N) is 2. The van der Waals surface area contributed by atoms with Gasteiger partial charge in [0, 0.05) is 19.0 Å². The molecular formula is C20H22F2N2O2. The largest absolute Gasteiger partial charge is 0.352 e. The summed E-state index contributed by atoms with van der Waals surface area (Å²) in [7, 11) is 0. The van der Waals surface area contributed by atoms with Crippen LogP contribution >= 0.6 is 0 Å². The zero-order valence-electron chi connectivity index (χ0n) is 14.8. The number of rotatable bonds is 7. The summed E-state index contributed by atoms with van der Waals surface area (Å²) >= 11 is 0. The van der Waals surface area contributed by atoms with Crippen molar-refractivity contribution in [2.75, 3.05) is 6.54 Å². The van der Waals surface area contributed by atoms with Crippen molar-refractivity contribution in [3.05, 3.63) is 70.8 Å². The molecule has 0 aliphatic heterocycles. The second-order valence-electron chi connectivity index (χ2n) is 6.13. The van der Waals surface area contributed by atoms with E-state index < -0.39 is 17.5 Å². The number of amides is 2. The fraction of sp³-hybridized carbons (Fsp3) is 0.300. The predicted octanol–water partition coefficient (Wildman–Crippen LogP) is 3.66. The van der Waals surface area contributed by atoms with Crippen molar-refractivity contribution in [3.63, 3.8) is 0 Å². The van der Waals surface area contributed by atoms with Crippen molar-refractivity contribution < 1.29 is 18.4 Å². The first-order chi connectivity index (χ1) is 12.4. The van der Waals surface area contributed by atoms with Crippen LogP contribution in [-0.4, -0.2) is 18.4 Å². The molecule has 138 valence electrons. The predicted molar refractivity (Wildman–Crippen MR) is 95.7 cm³/mol. The van der Waals surface area contributed by atoms with Gasteiger partial charge in [0.25, 0.3) is 5.91 Å². The molecule has 0 spiro atoms. The van der Waals surface area contributed by atoms with Crippen molar-refractivity contribution in [1.82, 2.24) is 10.6 Å². The van der Waals surface area contributed by atoms with Gasteiger partial charge in [0.1, 0.15) is 11.6 Å². The zero-order valence-corrected chi connectivity index (χ0v) is 14.8. The van der Waals surface area contributed by atoms with Gasteiger partial charge in [0.05, 0.1) is 11.6 Å². The third-order valence-electron chi connectivity index (χ3n) is 4.07. The van der Waals surface area contributed by atoms with Crippen molar-refractivity contribution in [3.8, 4) is 0 Å². The summed E-state index contributed by atoms with van der Waals surface area (Å²) in [6, 6.07) is 10.5. The van der Waals surface area contributed by atoms with Crippen LogP contribution in [-0.2, 0) is 4.79 Å². The highest BCUT2D eigenvalue weighted by molar-refractivity contribution is 5.94. The van der Waals surface area contributed by atoms with E-state index in [1.165, 1.54) is 0 Å². The van der Waals surface area contributed by atoms with Gasteiger partial charge in [-0.2, -0.15) is 0 Å². The lowest BCUT2D eigenvalue weighted by Gasteiger charge is -2.16. The third-order valence-corrected chi connectivity index (χ3v) is 4.07. The molecule has 6 heteroatoms. The van der Waals surface area contributed by atoms with Crippen LogP contribution in [0.2, 0.25) is 0 Å². The highest BCUT2D eigenvalue weighted by Crippen LogP contribution is 2.16. The van der Waals surface area contributed by atoms with E-state index in [1.807, 2.05) is 38.1 Å². The number of aryl methyl sites for hydroxylation is 1. The quantitative estimate of drug-likeness (QED) is 0.741. The number of halogens is 2. The van der Waals surface area contributed by atoms with E-state index in [1.54, 1.807) is 0 Å². The molecular weight excluding hydrogens is 338 g/mol. The summed E-state index contributed by atoms with van der Waals surface area (Å²) in [5.41, 5.74) is 1.94. The van der Waals surface area contributed by atoms with E-state index >= 15 is 0 Å². The molecule has 0 bridgehead atoms. The van der Waals surface area contributed by atoms with Gasteiger partial charge in [-0.3, -0.25) is 9.59 Å². The van der Waals surface area contributed by atoms with Crippen LogP contribution in [0.15, 0.2) is 42.5 Å². The standard InChI is InChI=1S/C20H22F2N2O2/c1-13-6-3-4-7-16(13)14(2)24-19(25)8-5-11-23-20(26)17-10-9-15(21)12-18(17)22/h3-4,6-7,9-10,12,14H,5,8,11H2,1-2H3,(H,23,26)(H,24,25)/t14-/m0/s1. The monoisotopic (exact) mass is 360 g/mol. The van der Waals surface area contributed by atoms with E-state index in [4.69, 9.17) is 0 Å². The SMILES string of the molecule is Cc1ccccc1[C@H](C)NC(=O)CCCNC(=O)c1ccc(F)cc1F. The average molecular weight is 360 g/mol. The summed E-state index contributed by atoms with van der Waals surface area (Å²) in [5.74, 6) is -2.40. The minimum absolute atomic E-state index is 0.105. The Bertz CT molecular complexity index is 793. The molecule has 2 rings (SSSR count). The molecule has 0 fully saturated rings. The van der Waals surface area contributed by atoms with Gasteiger partial charge in [-0.05, 0) is 43.5 Å². The normalized spacial score (nSPS) is 11.7. The molecule has 4 nitrogen and oxygen atoms in total. The van der Waals surface area contributed by atoms with E-state index in [-0.39, 0.29) is 30.5 Å². The number of carbonyl (C=O) groups excluding carboxylic acids is 2. The Labute approximate surface area is 151 Å². The molecule has 2 N–H and O–H groups in total. The Morgan fingerprint density at radius 3 is 2.54 bits per heavy atom. The topological polar surface area (TPSA) is 58.2 Å². The maximum atomic E-state index is 13.5. The van der Waals surface area contributed by atoms with Crippen molar-refractivity contribution in [2.24, 2.45) is 0 Å². The first-order valence-electron chi connectivity index (χ1n) is 8.46. The molecule has 2 aromatic rings. The number of hydrogen-bond donors (Lipinski definition) is 2. The van der Waals surface area contributed by atoms with Crippen LogP contribution in [0.5, 0.6) is 0 Å². The summed E-state index contributed by atoms with van der Waals surface area (Å²) in [4.78, 5) is 23.9. The molecule has 0 saturated heterocycles. The fourth-order valence-corrected chi connectivity index (χ4v) is 2.68. The Morgan fingerprint density at radius 1 is 1.12 bits per heavy atom. The second-order valence-corrected chi connectivity index (χ2v) is 6.13. The van der Waals surface area contributed by atoms with Crippen LogP contribution in [0.25, 0.3) is 0 Å². The molecule has 26 heavy (non-hydrogen) atoms. The van der Waals surface area contributed by atoms with Gasteiger partial charge in [0.2, 0.25) is 5.91 Å². The smallest absolute Gasteiger partial charge is 0.254 e. The lowest BCUT2D eigenvalue weighted by Crippen LogP contribution is -2.29. The van der Waals surface area contributed by atoms with Crippen LogP contribution in [0.3, 0.4) is 0 Å². The van der Waals surface area contributed by atoms with Crippen molar-refractivity contribution in [1.29, 1.82) is 0 Å². The van der Waals surface area contributed by atoms with Gasteiger partial charge in [-0.1, -0.05) is 24.3 Å². The van der Waals surface area contributed by atoms with E-state index in [2.05, 4.69) is 10.6 Å². The van der Waals surface area contributed by atoms with Crippen LogP contribution in [0, 0.1) is 18.6 Å². The molecule has 2 amide bonds. The fourth-order valence-electron chi connectivity index (χ4n) is 2.68. The van der Waals surface area contributed by atoms with Crippen molar-refractivity contribution in [2.45, 2.75) is 32.7 Å². The maximum absolute atomic E-state index is 13.5. The number of hydrogen-bond acceptors (Lipinski definition) is 2. The summed E-state index contributed by atoms with van der Waals surface area (Å²) in [5, 5.41) is 5.45. The summed E-state index contributed by atoms with van der Waals surface area (Å²) < 4.78 is 26.4. The van der Waals surface area contributed by atoms with Gasteiger partial charge in [-0.25, -0.2) is 8.78 Å². The highest BCUT2D eigenvalue weighted by atomic mass is 19.1. The van der Waals surface area contributed by atoms with Gasteiger partial charge in [0.15, 0.2) is 0 Å². The third kappa shape index (κ3) is 5.37. The number of benzene rings is 2. The van der Waals surface area contributed by atoms with E-state index in [0.717, 1.165) is 23.3 Å². The Morgan fingerprint density at radius 2 is 1.85 bits per heavy atom. The summed E-state index contributed by atoms with van der Waals surface area (Å²) in [6.07, 6.45) is 0.656. The van der Waals surface area contributed by atoms with Gasteiger partial charge >= 0.3 is 0 Å². The highest BCUT2D eigenvalue weighted by Gasteiger charge is 2.13. The second kappa shape index (κ2) is 9.08. The Hall–Kier alpha value is -2.76. The molecule has 2 aromatic carbocycles. The zero-order chi connectivity index (χ0) is 19.1. The molecule has 0 saturated carbocycles. The average Bonchev–Trinajstić information content (AvgIpc) is 2.58. The van der Waals surface area contributed by atoms with Crippen LogP contribution in [0.1, 0.15) is 47.3 Å². The molecule has 0 aliphatic rings. The Kier molecular flexibility index (Phi) is 6.83. The lowest BCUT2D eigenvalue weighted by atomic mass is 10.0. The van der Waals surface area contributed by atoms with Crippen LogP contribution < -0.4 is 10.6 Å². The van der Waals surface area contributed by atoms with Crippen LogP contribution in [0.4, 0.5) is 8.78 Å². The van der Waals surface area contributed by atoms with E-state index in [0.29, 0.717) is 12.5 Å². The number of carbonyl (C=O) groups is 2. The Balaban J connectivity index is 1.74. The molecule has 0 aromatic heterocycles. The molecule has 0 radical (unpaired) electrons. The van der Waals surface area contributed by atoms with E-state index in [9.17, 15) is 18.4 Å². The first-order valence-corrected chi connectivity index (χ1v) is 8.46. The van der Waals surface area contributed by atoms with Gasteiger partial charge in [-0.15, -0.1) is 0 Å². The molecule has 0 aliphatic carbocycles. The molecule has 0 heterocycles. The minimum Gasteiger partial charge on any atom is -0.352 e. The maximum Gasteiger partial charge on any atom is 0.254 e. The lowest BCUT2D eigenvalue weighted by molar-refractivity contribution is -0.121. The van der Waals surface area contributed by atoms with Gasteiger partial charge < -0.3 is 10.6 Å². The summed E-state index contributed by atoms with van der Waals surface area (Å²) in [6.45, 7) is 4.13. The van der Waals surface area contributed by atoms with Crippen molar-refractivity contribution >= 4 is 11.8 Å².